The Labute approximate surface area is 520 Å². The van der Waals surface area contributed by atoms with Gasteiger partial charge in [-0.1, -0.05) is 392 Å². The molecule has 0 amide bonds. The zero-order valence-corrected chi connectivity index (χ0v) is 56.8. The number of allylic oxidation sites excluding steroid dienone is 2. The van der Waals surface area contributed by atoms with Crippen molar-refractivity contribution in [1.29, 1.82) is 0 Å². The molecule has 492 valence electrons. The molecule has 0 radical (unpaired) electrons. The second kappa shape index (κ2) is 72.6. The third-order valence-electron chi connectivity index (χ3n) is 17.8. The lowest BCUT2D eigenvalue weighted by atomic mass is 10.0. The summed E-state index contributed by atoms with van der Waals surface area (Å²) in [5.74, 6) is -0.837. The Kier molecular flexibility index (Phi) is 71.0. The summed E-state index contributed by atoms with van der Waals surface area (Å²) < 4.78 is 17.0. The molecule has 0 rings (SSSR count). The van der Waals surface area contributed by atoms with Gasteiger partial charge in [-0.2, -0.15) is 0 Å². The second-order valence-corrected chi connectivity index (χ2v) is 26.3. The lowest BCUT2D eigenvalue weighted by Gasteiger charge is -2.18. The average Bonchev–Trinajstić information content (AvgIpc) is 3.50. The summed E-state index contributed by atoms with van der Waals surface area (Å²) in [6.07, 6.45) is 88.5. The van der Waals surface area contributed by atoms with Crippen LogP contribution < -0.4 is 0 Å². The van der Waals surface area contributed by atoms with Crippen molar-refractivity contribution in [3.63, 3.8) is 0 Å². The van der Waals surface area contributed by atoms with E-state index in [1.165, 1.54) is 340 Å². The fourth-order valence-corrected chi connectivity index (χ4v) is 12.0. The highest BCUT2D eigenvalue weighted by atomic mass is 16.6. The van der Waals surface area contributed by atoms with Crippen LogP contribution in [0.25, 0.3) is 0 Å². The predicted octanol–water partition coefficient (Wildman–Crippen LogP) is 26.3. The number of hydrogen-bond acceptors (Lipinski definition) is 6. The zero-order chi connectivity index (χ0) is 59.9. The minimum absolute atomic E-state index is 0.0655. The number of ether oxygens (including phenoxy) is 3. The first-order chi connectivity index (χ1) is 41.0. The van der Waals surface area contributed by atoms with E-state index in [2.05, 4.69) is 32.9 Å². The van der Waals surface area contributed by atoms with E-state index >= 15 is 0 Å². The van der Waals surface area contributed by atoms with Gasteiger partial charge in [0.25, 0.3) is 0 Å². The maximum absolute atomic E-state index is 13.0. The molecule has 0 aromatic heterocycles. The first kappa shape index (κ1) is 81.2. The molecule has 83 heavy (non-hydrogen) atoms. The van der Waals surface area contributed by atoms with Crippen LogP contribution in [0.1, 0.15) is 445 Å². The Bertz CT molecular complexity index is 1300. The molecule has 0 fully saturated rings. The monoisotopic (exact) mass is 1170 g/mol. The van der Waals surface area contributed by atoms with Gasteiger partial charge in [0.15, 0.2) is 6.10 Å². The largest absolute Gasteiger partial charge is 0.462 e. The van der Waals surface area contributed by atoms with Gasteiger partial charge >= 0.3 is 17.9 Å². The van der Waals surface area contributed by atoms with Crippen molar-refractivity contribution >= 4 is 17.9 Å². The third kappa shape index (κ3) is 70.8. The maximum Gasteiger partial charge on any atom is 0.306 e. The second-order valence-electron chi connectivity index (χ2n) is 26.3. The highest BCUT2D eigenvalue weighted by Crippen LogP contribution is 2.20. The number of unbranched alkanes of at least 4 members (excludes halogenated alkanes) is 59. The normalized spacial score (nSPS) is 12.0. The molecule has 0 aliphatic heterocycles. The molecule has 0 aliphatic rings. The van der Waals surface area contributed by atoms with Crippen molar-refractivity contribution < 1.29 is 28.6 Å². The van der Waals surface area contributed by atoms with E-state index in [0.29, 0.717) is 19.3 Å². The summed E-state index contributed by atoms with van der Waals surface area (Å²) in [6.45, 7) is 6.72. The fourth-order valence-electron chi connectivity index (χ4n) is 12.0. The van der Waals surface area contributed by atoms with Crippen molar-refractivity contribution in [1.82, 2.24) is 0 Å². The summed E-state index contributed by atoms with van der Waals surface area (Å²) in [5.41, 5.74) is 0. The van der Waals surface area contributed by atoms with Crippen LogP contribution in [0.2, 0.25) is 0 Å². The van der Waals surface area contributed by atoms with Gasteiger partial charge in [0.05, 0.1) is 0 Å². The number of carbonyl (C=O) groups is 3. The molecule has 0 N–H and O–H groups in total. The molecule has 0 aromatic carbocycles. The molecular weight excluding hydrogens is 1020 g/mol. The number of hydrogen-bond donors (Lipinski definition) is 0. The Hall–Kier alpha value is -1.85. The summed E-state index contributed by atoms with van der Waals surface area (Å²) in [5, 5.41) is 0. The van der Waals surface area contributed by atoms with Crippen molar-refractivity contribution in [2.45, 2.75) is 451 Å². The van der Waals surface area contributed by atoms with Crippen LogP contribution in [0.4, 0.5) is 0 Å². The molecule has 6 nitrogen and oxygen atoms in total. The van der Waals surface area contributed by atoms with Crippen molar-refractivity contribution in [3.05, 3.63) is 12.2 Å². The van der Waals surface area contributed by atoms with Gasteiger partial charge in [-0.25, -0.2) is 0 Å². The van der Waals surface area contributed by atoms with Crippen LogP contribution in [0, 0.1) is 0 Å². The van der Waals surface area contributed by atoms with Crippen molar-refractivity contribution in [2.24, 2.45) is 0 Å². The summed E-state index contributed by atoms with van der Waals surface area (Å²) in [6, 6.07) is 0. The van der Waals surface area contributed by atoms with Gasteiger partial charge in [-0.3, -0.25) is 14.4 Å². The molecular formula is C77H148O6. The van der Waals surface area contributed by atoms with E-state index in [0.717, 1.165) is 64.2 Å². The van der Waals surface area contributed by atoms with Gasteiger partial charge in [0.2, 0.25) is 0 Å². The molecule has 1 unspecified atom stereocenters. The van der Waals surface area contributed by atoms with Gasteiger partial charge in [0.1, 0.15) is 13.2 Å². The molecule has 0 saturated carbocycles. The van der Waals surface area contributed by atoms with E-state index < -0.39 is 6.10 Å². The van der Waals surface area contributed by atoms with E-state index in [9.17, 15) is 14.4 Å². The molecule has 0 bridgehead atoms. The van der Waals surface area contributed by atoms with Gasteiger partial charge in [-0.15, -0.1) is 0 Å². The standard InChI is InChI=1S/C77H148O6/c1-4-7-10-13-16-19-22-25-28-30-32-33-34-35-36-37-38-39-40-41-42-43-44-45-46-48-49-52-55-58-61-64-67-70-76(79)82-73-74(72-81-75(78)69-66-63-60-57-54-51-27-24-21-18-15-12-9-6-3)83-77(80)71-68-65-62-59-56-53-50-47-31-29-26-23-20-17-14-11-8-5-2/h24,27,74H,4-23,25-26,28-73H2,1-3H3/b27-24-. The SMILES string of the molecule is CCCCCCC/C=C\CCCCCCCC(=O)OCC(COC(=O)CCCCCCCCCCCCCCCCCCCCCCCCCCCCCCCCCCC)OC(=O)CCCCCCCCCCCCCCCCCCCC. The molecule has 0 spiro atoms. The maximum atomic E-state index is 13.0. The lowest BCUT2D eigenvalue weighted by Crippen LogP contribution is -2.30. The fraction of sp³-hybridized carbons (Fsp3) is 0.935. The lowest BCUT2D eigenvalue weighted by molar-refractivity contribution is -0.167. The molecule has 1 atom stereocenters. The first-order valence-electron chi connectivity index (χ1n) is 38.2. The Morgan fingerprint density at radius 3 is 0.602 bits per heavy atom. The van der Waals surface area contributed by atoms with Crippen LogP contribution in [0.5, 0.6) is 0 Å². The van der Waals surface area contributed by atoms with Crippen molar-refractivity contribution in [3.8, 4) is 0 Å². The number of esters is 3. The summed E-state index contributed by atoms with van der Waals surface area (Å²) in [4.78, 5) is 38.5. The zero-order valence-electron chi connectivity index (χ0n) is 56.8. The van der Waals surface area contributed by atoms with Gasteiger partial charge in [0, 0.05) is 19.3 Å². The summed E-state index contributed by atoms with van der Waals surface area (Å²) >= 11 is 0. The van der Waals surface area contributed by atoms with Gasteiger partial charge in [-0.05, 0) is 44.9 Å². The minimum Gasteiger partial charge on any atom is -0.462 e. The van der Waals surface area contributed by atoms with Crippen LogP contribution >= 0.6 is 0 Å². The van der Waals surface area contributed by atoms with Crippen LogP contribution in [0.15, 0.2) is 12.2 Å². The Morgan fingerprint density at radius 2 is 0.398 bits per heavy atom. The van der Waals surface area contributed by atoms with E-state index in [1.807, 2.05) is 0 Å². The smallest absolute Gasteiger partial charge is 0.306 e. The Balaban J connectivity index is 4.09. The summed E-state index contributed by atoms with van der Waals surface area (Å²) in [7, 11) is 0. The van der Waals surface area contributed by atoms with Crippen molar-refractivity contribution in [2.75, 3.05) is 13.2 Å². The third-order valence-corrected chi connectivity index (χ3v) is 17.8. The quantitative estimate of drug-likeness (QED) is 0.0261. The first-order valence-corrected chi connectivity index (χ1v) is 38.2. The molecule has 0 heterocycles. The predicted molar refractivity (Wildman–Crippen MR) is 363 cm³/mol. The van der Waals surface area contributed by atoms with Crippen LogP contribution in [0.3, 0.4) is 0 Å². The van der Waals surface area contributed by atoms with Gasteiger partial charge < -0.3 is 14.2 Å². The highest BCUT2D eigenvalue weighted by molar-refractivity contribution is 5.71. The molecule has 0 aromatic rings. The molecule has 0 aliphatic carbocycles. The molecule has 6 heteroatoms. The van der Waals surface area contributed by atoms with Crippen LogP contribution in [-0.4, -0.2) is 37.2 Å². The minimum atomic E-state index is -0.770. The van der Waals surface area contributed by atoms with Crippen LogP contribution in [-0.2, 0) is 28.6 Å². The highest BCUT2D eigenvalue weighted by Gasteiger charge is 2.20. The number of carbonyl (C=O) groups excluding carboxylic acids is 3. The van der Waals surface area contributed by atoms with E-state index in [-0.39, 0.29) is 31.1 Å². The number of rotatable bonds is 72. The topological polar surface area (TPSA) is 78.9 Å². The van der Waals surface area contributed by atoms with E-state index in [1.54, 1.807) is 0 Å². The average molecular weight is 1170 g/mol. The Morgan fingerprint density at radius 1 is 0.229 bits per heavy atom. The molecule has 0 saturated heterocycles. The van der Waals surface area contributed by atoms with E-state index in [4.69, 9.17) is 14.2 Å².